The van der Waals surface area contributed by atoms with Gasteiger partial charge in [0.2, 0.25) is 5.91 Å². The van der Waals surface area contributed by atoms with E-state index in [9.17, 15) is 9.18 Å². The monoisotopic (exact) mass is 400 g/mol. The first-order valence-corrected chi connectivity index (χ1v) is 10.6. The average Bonchev–Trinajstić information content (AvgIpc) is 2.78. The minimum atomic E-state index is -0.268. The molecular weight excluding hydrogens is 375 g/mol. The van der Waals surface area contributed by atoms with Crippen molar-refractivity contribution in [1.29, 1.82) is 0 Å². The maximum Gasteiger partial charge on any atom is 0.226 e. The predicted octanol–water partition coefficient (Wildman–Crippen LogP) is 4.56. The molecule has 0 saturated carbocycles. The smallest absolute Gasteiger partial charge is 0.226 e. The highest BCUT2D eigenvalue weighted by Crippen LogP contribution is 2.39. The van der Waals surface area contributed by atoms with Gasteiger partial charge >= 0.3 is 0 Å². The molecule has 5 rings (SSSR count). The molecule has 4 heteroatoms. The van der Waals surface area contributed by atoms with Gasteiger partial charge in [0.15, 0.2) is 0 Å². The van der Waals surface area contributed by atoms with Crippen LogP contribution < -0.4 is 5.73 Å². The fourth-order valence-corrected chi connectivity index (χ4v) is 5.10. The SMILES string of the molecule is NC1C[C@H](C(=O)N2CCc3ccccc3[C@@H]2c2ccc(F)cc2)Cc2ccccc21. The maximum atomic E-state index is 13.8. The summed E-state index contributed by atoms with van der Waals surface area (Å²) in [5, 5.41) is 0. The lowest BCUT2D eigenvalue weighted by Gasteiger charge is -2.41. The molecule has 152 valence electrons. The molecule has 0 radical (unpaired) electrons. The molecular formula is C26H25FN2O. The van der Waals surface area contributed by atoms with E-state index in [0.29, 0.717) is 13.0 Å². The Kier molecular flexibility index (Phi) is 4.87. The zero-order chi connectivity index (χ0) is 20.7. The van der Waals surface area contributed by atoms with Crippen LogP contribution >= 0.6 is 0 Å². The summed E-state index contributed by atoms with van der Waals surface area (Å²) in [6.45, 7) is 0.658. The third-order valence-corrected chi connectivity index (χ3v) is 6.56. The Labute approximate surface area is 176 Å². The van der Waals surface area contributed by atoms with Gasteiger partial charge in [-0.3, -0.25) is 4.79 Å². The van der Waals surface area contributed by atoms with Crippen molar-refractivity contribution in [2.24, 2.45) is 11.7 Å². The Balaban J connectivity index is 1.51. The van der Waals surface area contributed by atoms with Crippen LogP contribution in [0.25, 0.3) is 0 Å². The van der Waals surface area contributed by atoms with Crippen molar-refractivity contribution in [2.75, 3.05) is 6.54 Å². The molecule has 30 heavy (non-hydrogen) atoms. The number of hydrogen-bond acceptors (Lipinski definition) is 2. The van der Waals surface area contributed by atoms with Gasteiger partial charge in [-0.05, 0) is 59.2 Å². The minimum absolute atomic E-state index is 0.120. The quantitative estimate of drug-likeness (QED) is 0.685. The molecule has 1 aliphatic heterocycles. The van der Waals surface area contributed by atoms with Crippen molar-refractivity contribution in [3.05, 3.63) is 106 Å². The number of rotatable bonds is 2. The lowest BCUT2D eigenvalue weighted by Crippen LogP contribution is -2.45. The molecule has 1 heterocycles. The van der Waals surface area contributed by atoms with Crippen LogP contribution in [0.3, 0.4) is 0 Å². The Bertz CT molecular complexity index is 1080. The first-order chi connectivity index (χ1) is 14.6. The Morgan fingerprint density at radius 1 is 0.900 bits per heavy atom. The van der Waals surface area contributed by atoms with Crippen molar-refractivity contribution in [1.82, 2.24) is 4.90 Å². The highest BCUT2D eigenvalue weighted by molar-refractivity contribution is 5.81. The average molecular weight is 400 g/mol. The van der Waals surface area contributed by atoms with E-state index in [1.807, 2.05) is 29.2 Å². The van der Waals surface area contributed by atoms with Crippen molar-refractivity contribution < 1.29 is 9.18 Å². The largest absolute Gasteiger partial charge is 0.331 e. The second kappa shape index (κ2) is 7.69. The molecule has 0 saturated heterocycles. The zero-order valence-electron chi connectivity index (χ0n) is 16.8. The molecule has 3 atom stereocenters. The van der Waals surface area contributed by atoms with E-state index in [4.69, 9.17) is 5.73 Å². The van der Waals surface area contributed by atoms with E-state index >= 15 is 0 Å². The summed E-state index contributed by atoms with van der Waals surface area (Å²) in [4.78, 5) is 15.8. The standard InChI is InChI=1S/C26H25FN2O/c27-21-11-9-18(10-12-21)25-23-8-4-1-5-17(23)13-14-29(25)26(30)20-15-19-6-2-3-7-22(19)24(28)16-20/h1-12,20,24-25H,13-16,28H2/t20-,24?,25+/m1/s1. The van der Waals surface area contributed by atoms with E-state index in [0.717, 1.165) is 29.5 Å². The van der Waals surface area contributed by atoms with Crippen LogP contribution in [0, 0.1) is 11.7 Å². The summed E-state index contributed by atoms with van der Waals surface area (Å²) in [6, 6.07) is 22.6. The first-order valence-electron chi connectivity index (χ1n) is 10.6. The fourth-order valence-electron chi connectivity index (χ4n) is 5.10. The van der Waals surface area contributed by atoms with Gasteiger partial charge < -0.3 is 10.6 Å². The zero-order valence-corrected chi connectivity index (χ0v) is 16.8. The van der Waals surface area contributed by atoms with Gasteiger partial charge in [-0.1, -0.05) is 60.7 Å². The molecule has 0 spiro atoms. The van der Waals surface area contributed by atoms with Crippen molar-refractivity contribution in [3.8, 4) is 0 Å². The van der Waals surface area contributed by atoms with Crippen LogP contribution in [-0.2, 0) is 17.6 Å². The molecule has 2 N–H and O–H groups in total. The van der Waals surface area contributed by atoms with Crippen molar-refractivity contribution in [3.63, 3.8) is 0 Å². The van der Waals surface area contributed by atoms with Gasteiger partial charge in [0.05, 0.1) is 6.04 Å². The highest BCUT2D eigenvalue weighted by Gasteiger charge is 2.37. The predicted molar refractivity (Wildman–Crippen MR) is 115 cm³/mol. The third kappa shape index (κ3) is 3.31. The van der Waals surface area contributed by atoms with Crippen LogP contribution in [0.1, 0.15) is 46.3 Å². The number of nitrogens with zero attached hydrogens (tertiary/aromatic N) is 1. The lowest BCUT2D eigenvalue weighted by molar-refractivity contribution is -0.138. The van der Waals surface area contributed by atoms with E-state index in [2.05, 4.69) is 24.3 Å². The van der Waals surface area contributed by atoms with Gasteiger partial charge in [-0.15, -0.1) is 0 Å². The Hall–Kier alpha value is -2.98. The van der Waals surface area contributed by atoms with E-state index in [1.54, 1.807) is 12.1 Å². The highest BCUT2D eigenvalue weighted by atomic mass is 19.1. The molecule has 1 aliphatic carbocycles. The van der Waals surface area contributed by atoms with Crippen LogP contribution in [0.15, 0.2) is 72.8 Å². The van der Waals surface area contributed by atoms with Crippen LogP contribution in [-0.4, -0.2) is 17.4 Å². The molecule has 3 aromatic rings. The van der Waals surface area contributed by atoms with Crippen LogP contribution in [0.4, 0.5) is 4.39 Å². The number of carbonyl (C=O) groups is 1. The Morgan fingerprint density at radius 2 is 1.57 bits per heavy atom. The number of carbonyl (C=O) groups excluding carboxylic acids is 1. The van der Waals surface area contributed by atoms with Crippen LogP contribution in [0.2, 0.25) is 0 Å². The Morgan fingerprint density at radius 3 is 2.33 bits per heavy atom. The van der Waals surface area contributed by atoms with Gasteiger partial charge in [-0.2, -0.15) is 0 Å². The molecule has 1 amide bonds. The summed E-state index contributed by atoms with van der Waals surface area (Å²) in [5.74, 6) is -0.262. The van der Waals surface area contributed by atoms with E-state index in [-0.39, 0.29) is 29.7 Å². The number of amides is 1. The second-order valence-corrected chi connectivity index (χ2v) is 8.38. The summed E-state index contributed by atoms with van der Waals surface area (Å²) in [7, 11) is 0. The molecule has 0 aromatic heterocycles. The normalized spacial score (nSPS) is 22.9. The summed E-state index contributed by atoms with van der Waals surface area (Å²) in [6.07, 6.45) is 2.20. The minimum Gasteiger partial charge on any atom is -0.331 e. The van der Waals surface area contributed by atoms with Crippen LogP contribution in [0.5, 0.6) is 0 Å². The topological polar surface area (TPSA) is 46.3 Å². The molecule has 3 nitrogen and oxygen atoms in total. The van der Waals surface area contributed by atoms with Gasteiger partial charge in [0.1, 0.15) is 5.82 Å². The van der Waals surface area contributed by atoms with E-state index < -0.39 is 0 Å². The van der Waals surface area contributed by atoms with Crippen molar-refractivity contribution >= 4 is 5.91 Å². The van der Waals surface area contributed by atoms with Gasteiger partial charge in [0, 0.05) is 18.5 Å². The third-order valence-electron chi connectivity index (χ3n) is 6.56. The van der Waals surface area contributed by atoms with E-state index in [1.165, 1.54) is 23.3 Å². The summed E-state index contributed by atoms with van der Waals surface area (Å²) in [5.41, 5.74) is 12.1. The molecule has 3 aromatic carbocycles. The maximum absolute atomic E-state index is 13.8. The first kappa shape index (κ1) is 19.0. The number of nitrogens with two attached hydrogens (primary N) is 1. The molecule has 0 bridgehead atoms. The number of halogens is 1. The molecule has 0 fully saturated rings. The number of fused-ring (bicyclic) bond motifs is 2. The van der Waals surface area contributed by atoms with Gasteiger partial charge in [0.25, 0.3) is 0 Å². The molecule has 2 aliphatic rings. The number of hydrogen-bond donors (Lipinski definition) is 1. The lowest BCUT2D eigenvalue weighted by atomic mass is 9.79. The summed E-state index contributed by atoms with van der Waals surface area (Å²) < 4.78 is 13.6. The number of benzene rings is 3. The summed E-state index contributed by atoms with van der Waals surface area (Å²) >= 11 is 0. The van der Waals surface area contributed by atoms with Gasteiger partial charge in [-0.25, -0.2) is 4.39 Å². The second-order valence-electron chi connectivity index (χ2n) is 8.38. The fraction of sp³-hybridized carbons (Fsp3) is 0.269. The van der Waals surface area contributed by atoms with Crippen molar-refractivity contribution in [2.45, 2.75) is 31.3 Å². The molecule has 1 unspecified atom stereocenters.